The maximum absolute atomic E-state index is 13.3. The molecule has 6 nitrogen and oxygen atoms in total. The minimum atomic E-state index is -3.57. The van der Waals surface area contributed by atoms with Crippen molar-refractivity contribution >= 4 is 10.2 Å². The Balaban J connectivity index is 1.81. The smallest absolute Gasteiger partial charge is 0.282 e. The first-order chi connectivity index (χ1) is 12.4. The molecule has 0 fully saturated rings. The first-order valence-corrected chi connectivity index (χ1v) is 10.3. The number of hydrogen-bond acceptors (Lipinski definition) is 4. The zero-order valence-corrected chi connectivity index (χ0v) is 16.5. The van der Waals surface area contributed by atoms with E-state index < -0.39 is 10.2 Å². The fraction of sp³-hybridized carbons (Fsp3) is 0.474. The highest BCUT2D eigenvalue weighted by Gasteiger charge is 2.32. The van der Waals surface area contributed by atoms with Crippen molar-refractivity contribution in [3.05, 3.63) is 59.0 Å². The molecule has 1 aliphatic heterocycles. The average molecular weight is 378 g/mol. The van der Waals surface area contributed by atoms with Crippen LogP contribution < -0.4 is 0 Å². The largest absolute Gasteiger partial charge is 0.465 e. The van der Waals surface area contributed by atoms with Crippen molar-refractivity contribution in [2.45, 2.75) is 26.4 Å². The summed E-state index contributed by atoms with van der Waals surface area (Å²) < 4.78 is 35.4. The van der Waals surface area contributed by atoms with Crippen LogP contribution in [0.15, 0.2) is 40.8 Å². The van der Waals surface area contributed by atoms with Crippen molar-refractivity contribution in [1.29, 1.82) is 0 Å². The van der Waals surface area contributed by atoms with Gasteiger partial charge in [-0.3, -0.25) is 0 Å². The standard InChI is InChI=1S/C19H27N3O3S/c1-16-8-9-19(25-16)15-22(13-12-20(2)3)26(23,24)21-11-10-17-6-4-5-7-18(17)14-21/h4-9H,10-15H2,1-3H3. The van der Waals surface area contributed by atoms with Crippen LogP contribution in [0.2, 0.25) is 0 Å². The summed E-state index contributed by atoms with van der Waals surface area (Å²) in [4.78, 5) is 1.99. The molecule has 1 aromatic carbocycles. The predicted octanol–water partition coefficient (Wildman–Crippen LogP) is 2.25. The summed E-state index contributed by atoms with van der Waals surface area (Å²) in [5.41, 5.74) is 2.32. The van der Waals surface area contributed by atoms with Crippen molar-refractivity contribution in [3.8, 4) is 0 Å². The lowest BCUT2D eigenvalue weighted by Crippen LogP contribution is -2.47. The Morgan fingerprint density at radius 1 is 1.08 bits per heavy atom. The van der Waals surface area contributed by atoms with Crippen LogP contribution in [0.25, 0.3) is 0 Å². The van der Waals surface area contributed by atoms with Gasteiger partial charge in [-0.15, -0.1) is 0 Å². The quantitative estimate of drug-likeness (QED) is 0.743. The van der Waals surface area contributed by atoms with Gasteiger partial charge >= 0.3 is 0 Å². The molecule has 7 heteroatoms. The molecule has 0 unspecified atom stereocenters. The van der Waals surface area contributed by atoms with Crippen molar-refractivity contribution in [2.75, 3.05) is 33.7 Å². The summed E-state index contributed by atoms with van der Waals surface area (Å²) in [5, 5.41) is 0. The highest BCUT2D eigenvalue weighted by molar-refractivity contribution is 7.86. The van der Waals surface area contributed by atoms with Crippen LogP contribution in [0, 0.1) is 6.92 Å². The summed E-state index contributed by atoms with van der Waals surface area (Å²) >= 11 is 0. The van der Waals surface area contributed by atoms with Crippen molar-refractivity contribution in [1.82, 2.24) is 13.5 Å². The third kappa shape index (κ3) is 4.35. The van der Waals surface area contributed by atoms with E-state index in [1.165, 1.54) is 9.87 Å². The molecular weight excluding hydrogens is 350 g/mol. The van der Waals surface area contributed by atoms with E-state index in [1.54, 1.807) is 4.31 Å². The summed E-state index contributed by atoms with van der Waals surface area (Å²) in [5.74, 6) is 1.46. The number of benzene rings is 1. The van der Waals surface area contributed by atoms with Crippen molar-refractivity contribution < 1.29 is 12.8 Å². The number of likely N-dealkylation sites (N-methyl/N-ethyl adjacent to an activating group) is 1. The van der Waals surface area contributed by atoms with Crippen LogP contribution in [0.3, 0.4) is 0 Å². The number of aryl methyl sites for hydroxylation is 1. The minimum Gasteiger partial charge on any atom is -0.465 e. The van der Waals surface area contributed by atoms with Gasteiger partial charge in [0.1, 0.15) is 11.5 Å². The van der Waals surface area contributed by atoms with Crippen LogP contribution >= 0.6 is 0 Å². The van der Waals surface area contributed by atoms with Crippen LogP contribution in [-0.2, 0) is 29.7 Å². The Hall–Kier alpha value is -1.67. The van der Waals surface area contributed by atoms with E-state index in [-0.39, 0.29) is 6.54 Å². The highest BCUT2D eigenvalue weighted by Crippen LogP contribution is 2.24. The zero-order chi connectivity index (χ0) is 18.7. The lowest BCUT2D eigenvalue weighted by Gasteiger charge is -2.33. The number of furan rings is 1. The summed E-state index contributed by atoms with van der Waals surface area (Å²) in [7, 11) is 0.315. The second-order valence-electron chi connectivity index (χ2n) is 7.01. The molecule has 0 aliphatic carbocycles. The molecule has 0 spiro atoms. The monoisotopic (exact) mass is 377 g/mol. The molecule has 26 heavy (non-hydrogen) atoms. The number of rotatable bonds is 7. The number of nitrogens with zero attached hydrogens (tertiary/aromatic N) is 3. The van der Waals surface area contributed by atoms with E-state index in [9.17, 15) is 8.42 Å². The molecule has 3 rings (SSSR count). The Morgan fingerprint density at radius 3 is 2.46 bits per heavy atom. The van der Waals surface area contributed by atoms with Gasteiger partial charge in [0.25, 0.3) is 10.2 Å². The van der Waals surface area contributed by atoms with Crippen LogP contribution in [0.4, 0.5) is 0 Å². The van der Waals surface area contributed by atoms with E-state index in [4.69, 9.17) is 4.42 Å². The Morgan fingerprint density at radius 2 is 1.81 bits per heavy atom. The Kier molecular flexibility index (Phi) is 5.82. The van der Waals surface area contributed by atoms with Crippen LogP contribution in [0.1, 0.15) is 22.6 Å². The molecule has 2 aromatic rings. The topological polar surface area (TPSA) is 57.0 Å². The van der Waals surface area contributed by atoms with Gasteiger partial charge in [-0.25, -0.2) is 0 Å². The van der Waals surface area contributed by atoms with Gasteiger partial charge < -0.3 is 9.32 Å². The fourth-order valence-corrected chi connectivity index (χ4v) is 4.72. The van der Waals surface area contributed by atoms with Crippen molar-refractivity contribution in [3.63, 3.8) is 0 Å². The van der Waals surface area contributed by atoms with Gasteiger partial charge in [-0.05, 0) is 50.7 Å². The van der Waals surface area contributed by atoms with Gasteiger partial charge in [0.05, 0.1) is 6.54 Å². The summed E-state index contributed by atoms with van der Waals surface area (Å²) in [6, 6.07) is 11.8. The minimum absolute atomic E-state index is 0.252. The van der Waals surface area contributed by atoms with Crippen molar-refractivity contribution in [2.24, 2.45) is 0 Å². The molecule has 0 bridgehead atoms. The van der Waals surface area contributed by atoms with Gasteiger partial charge in [0.2, 0.25) is 0 Å². The molecule has 0 N–H and O–H groups in total. The average Bonchev–Trinajstić information content (AvgIpc) is 3.02. The third-order valence-corrected chi connectivity index (χ3v) is 6.60. The summed E-state index contributed by atoms with van der Waals surface area (Å²) in [6.07, 6.45) is 0.747. The first-order valence-electron chi connectivity index (χ1n) is 8.88. The van der Waals surface area contributed by atoms with Gasteiger partial charge in [0.15, 0.2) is 0 Å². The Labute approximate surface area is 156 Å². The molecule has 1 aliphatic rings. The molecule has 0 saturated heterocycles. The van der Waals surface area contributed by atoms with Gasteiger partial charge in [-0.1, -0.05) is 24.3 Å². The van der Waals surface area contributed by atoms with Crippen LogP contribution in [0.5, 0.6) is 0 Å². The molecule has 1 aromatic heterocycles. The predicted molar refractivity (Wildman–Crippen MR) is 102 cm³/mol. The van der Waals surface area contributed by atoms with Gasteiger partial charge in [0, 0.05) is 26.2 Å². The van der Waals surface area contributed by atoms with E-state index in [0.29, 0.717) is 31.9 Å². The van der Waals surface area contributed by atoms with Gasteiger partial charge in [-0.2, -0.15) is 17.0 Å². The SMILES string of the molecule is Cc1ccc(CN(CCN(C)C)S(=O)(=O)N2CCc3ccccc3C2)o1. The normalized spacial score (nSPS) is 15.6. The maximum atomic E-state index is 13.3. The molecule has 0 saturated carbocycles. The number of fused-ring (bicyclic) bond motifs is 1. The van der Waals surface area contributed by atoms with E-state index >= 15 is 0 Å². The van der Waals surface area contributed by atoms with Crippen LogP contribution in [-0.4, -0.2) is 55.7 Å². The molecule has 0 radical (unpaired) electrons. The lowest BCUT2D eigenvalue weighted by atomic mass is 10.0. The molecule has 0 amide bonds. The molecule has 142 valence electrons. The zero-order valence-electron chi connectivity index (χ0n) is 15.7. The lowest BCUT2D eigenvalue weighted by molar-refractivity contribution is 0.278. The summed E-state index contributed by atoms with van der Waals surface area (Å²) in [6.45, 7) is 4.13. The number of hydrogen-bond donors (Lipinski definition) is 0. The third-order valence-electron chi connectivity index (χ3n) is 4.67. The first kappa shape index (κ1) is 19.1. The second-order valence-corrected chi connectivity index (χ2v) is 8.94. The fourth-order valence-electron chi connectivity index (χ4n) is 3.16. The van der Waals surface area contributed by atoms with E-state index in [2.05, 4.69) is 6.07 Å². The molecule has 2 heterocycles. The Bertz CT molecular complexity index is 845. The van der Waals surface area contributed by atoms with E-state index in [0.717, 1.165) is 17.7 Å². The second kappa shape index (κ2) is 7.92. The highest BCUT2D eigenvalue weighted by atomic mass is 32.2. The molecular formula is C19H27N3O3S. The van der Waals surface area contributed by atoms with E-state index in [1.807, 2.05) is 56.3 Å². The maximum Gasteiger partial charge on any atom is 0.282 e. The molecule has 0 atom stereocenters.